The van der Waals surface area contributed by atoms with Crippen LogP contribution < -0.4 is 11.1 Å². The van der Waals surface area contributed by atoms with Gasteiger partial charge in [-0.05, 0) is 24.6 Å². The van der Waals surface area contributed by atoms with Gasteiger partial charge in [0.15, 0.2) is 0 Å². The Hall–Kier alpha value is -1.63. The molecule has 3 N–H and O–H groups in total. The van der Waals surface area contributed by atoms with E-state index >= 15 is 0 Å². The Morgan fingerprint density at radius 3 is 2.81 bits per heavy atom. The molecule has 6 nitrogen and oxygen atoms in total. The number of carbonyl (C=O) groups excluding carboxylic acids is 1. The number of nitrogens with zero attached hydrogens (tertiary/aromatic N) is 3. The molecule has 0 fully saturated rings. The van der Waals surface area contributed by atoms with Gasteiger partial charge in [0.25, 0.3) is 0 Å². The minimum absolute atomic E-state index is 0. The van der Waals surface area contributed by atoms with E-state index in [1.54, 1.807) is 17.9 Å². The predicted molar refractivity (Wildman–Crippen MR) is 87.0 cm³/mol. The van der Waals surface area contributed by atoms with Crippen molar-refractivity contribution in [2.24, 2.45) is 5.73 Å². The van der Waals surface area contributed by atoms with Crippen molar-refractivity contribution in [2.45, 2.75) is 25.9 Å². The molecule has 8 heteroatoms. The van der Waals surface area contributed by atoms with E-state index in [0.717, 1.165) is 11.3 Å². The topological polar surface area (TPSA) is 85.8 Å². The zero-order chi connectivity index (χ0) is 13.7. The Bertz CT molecular complexity index is 545. The monoisotopic (exact) mass is 331 g/mol. The van der Waals surface area contributed by atoms with Crippen molar-refractivity contribution >= 4 is 36.4 Å². The van der Waals surface area contributed by atoms with Crippen LogP contribution in [0.3, 0.4) is 0 Å². The molecule has 0 aliphatic rings. The van der Waals surface area contributed by atoms with E-state index < -0.39 is 0 Å². The highest BCUT2D eigenvalue weighted by atomic mass is 35.5. The van der Waals surface area contributed by atoms with Gasteiger partial charge in [-0.15, -0.1) is 24.8 Å². The third-order valence-electron chi connectivity index (χ3n) is 2.53. The first kappa shape index (κ1) is 19.4. The first-order chi connectivity index (χ1) is 9.13. The third-order valence-corrected chi connectivity index (χ3v) is 2.53. The number of aromatic nitrogens is 3. The van der Waals surface area contributed by atoms with E-state index in [1.807, 2.05) is 24.3 Å². The normalized spacial score (nSPS) is 11.0. The molecule has 0 aliphatic carbocycles. The predicted octanol–water partition coefficient (Wildman–Crippen LogP) is 1.85. The maximum absolute atomic E-state index is 11.6. The zero-order valence-electron chi connectivity index (χ0n) is 11.6. The molecule has 1 atom stereocenters. The van der Waals surface area contributed by atoms with Crippen molar-refractivity contribution in [1.29, 1.82) is 0 Å². The lowest BCUT2D eigenvalue weighted by molar-refractivity contribution is -0.116. The summed E-state index contributed by atoms with van der Waals surface area (Å²) in [6, 6.07) is 7.50. The number of hydrogen-bond acceptors (Lipinski definition) is 4. The van der Waals surface area contributed by atoms with Crippen LogP contribution in [0.2, 0.25) is 0 Å². The van der Waals surface area contributed by atoms with E-state index in [4.69, 9.17) is 5.73 Å². The Labute approximate surface area is 135 Å². The van der Waals surface area contributed by atoms with Gasteiger partial charge in [0.2, 0.25) is 5.91 Å². The first-order valence-corrected chi connectivity index (χ1v) is 6.10. The van der Waals surface area contributed by atoms with Crippen molar-refractivity contribution in [3.63, 3.8) is 0 Å². The molecule has 1 aromatic heterocycles. The molecule has 1 unspecified atom stereocenters. The fourth-order valence-corrected chi connectivity index (χ4v) is 1.75. The molecule has 1 heterocycles. The summed E-state index contributed by atoms with van der Waals surface area (Å²) in [6.45, 7) is 2.43. The first-order valence-electron chi connectivity index (χ1n) is 6.10. The smallest absolute Gasteiger partial charge is 0.225 e. The summed E-state index contributed by atoms with van der Waals surface area (Å²) in [5.74, 6) is -0.0760. The van der Waals surface area contributed by atoms with Gasteiger partial charge in [0, 0.05) is 18.2 Å². The number of halogens is 2. The molecule has 0 spiro atoms. The van der Waals surface area contributed by atoms with Crippen LogP contribution in [0.15, 0.2) is 36.9 Å². The van der Waals surface area contributed by atoms with Gasteiger partial charge in [0.1, 0.15) is 12.7 Å². The highest BCUT2D eigenvalue weighted by Crippen LogP contribution is 2.12. The second-order valence-electron chi connectivity index (χ2n) is 4.52. The highest BCUT2D eigenvalue weighted by molar-refractivity contribution is 5.91. The third kappa shape index (κ3) is 6.57. The van der Waals surface area contributed by atoms with Crippen molar-refractivity contribution in [1.82, 2.24) is 14.8 Å². The number of rotatable bonds is 5. The van der Waals surface area contributed by atoms with Crippen LogP contribution in [0.4, 0.5) is 5.69 Å². The molecule has 2 aromatic rings. The lowest BCUT2D eigenvalue weighted by Crippen LogP contribution is -2.24. The fourth-order valence-electron chi connectivity index (χ4n) is 1.75. The lowest BCUT2D eigenvalue weighted by atomic mass is 10.2. The van der Waals surface area contributed by atoms with Crippen LogP contribution in [0, 0.1) is 0 Å². The van der Waals surface area contributed by atoms with Crippen molar-refractivity contribution in [3.05, 3.63) is 42.5 Å². The maximum atomic E-state index is 11.6. The van der Waals surface area contributed by atoms with Gasteiger partial charge < -0.3 is 11.1 Å². The lowest BCUT2D eigenvalue weighted by Gasteiger charge is -2.09. The van der Waals surface area contributed by atoms with Gasteiger partial charge >= 0.3 is 0 Å². The average molecular weight is 332 g/mol. The molecular formula is C13H19Cl2N5O. The second-order valence-corrected chi connectivity index (χ2v) is 4.52. The summed E-state index contributed by atoms with van der Waals surface area (Å²) in [5.41, 5.74) is 7.40. The van der Waals surface area contributed by atoms with Crippen LogP contribution >= 0.6 is 24.8 Å². The number of amides is 1. The summed E-state index contributed by atoms with van der Waals surface area (Å²) >= 11 is 0. The number of nitrogens with one attached hydrogen (secondary N) is 1. The molecule has 0 saturated carbocycles. The van der Waals surface area contributed by atoms with Crippen molar-refractivity contribution in [3.8, 4) is 0 Å². The Balaban J connectivity index is 0.00000200. The van der Waals surface area contributed by atoms with Gasteiger partial charge in [-0.25, -0.2) is 9.67 Å². The summed E-state index contributed by atoms with van der Waals surface area (Å²) in [7, 11) is 0. The Morgan fingerprint density at radius 2 is 2.19 bits per heavy atom. The molecule has 116 valence electrons. The SMILES string of the molecule is CC(N)CC(=O)Nc1cccc(Cn2cncn2)c1.Cl.Cl. The quantitative estimate of drug-likeness (QED) is 0.875. The molecule has 2 rings (SSSR count). The molecule has 21 heavy (non-hydrogen) atoms. The van der Waals surface area contributed by atoms with Crippen molar-refractivity contribution in [2.75, 3.05) is 5.32 Å². The van der Waals surface area contributed by atoms with Crippen LogP contribution in [-0.4, -0.2) is 26.7 Å². The standard InChI is InChI=1S/C13H17N5O.2ClH/c1-10(14)5-13(19)17-12-4-2-3-11(6-12)7-18-9-15-8-16-18;;/h2-4,6,8-10H,5,7,14H2,1H3,(H,17,19);2*1H. The minimum atomic E-state index is -0.140. The molecule has 1 amide bonds. The number of anilines is 1. The maximum Gasteiger partial charge on any atom is 0.225 e. The molecule has 0 bridgehead atoms. The summed E-state index contributed by atoms with van der Waals surface area (Å²) in [4.78, 5) is 15.5. The summed E-state index contributed by atoms with van der Waals surface area (Å²) in [5, 5.41) is 6.87. The number of hydrogen-bond donors (Lipinski definition) is 2. The van der Waals surface area contributed by atoms with Crippen LogP contribution in [-0.2, 0) is 11.3 Å². The minimum Gasteiger partial charge on any atom is -0.327 e. The van der Waals surface area contributed by atoms with Crippen LogP contribution in [0.1, 0.15) is 18.9 Å². The molecule has 1 aromatic carbocycles. The van der Waals surface area contributed by atoms with E-state index in [1.165, 1.54) is 6.33 Å². The fraction of sp³-hybridized carbons (Fsp3) is 0.308. The van der Waals surface area contributed by atoms with Gasteiger partial charge in [-0.2, -0.15) is 5.10 Å². The summed E-state index contributed by atoms with van der Waals surface area (Å²) < 4.78 is 1.73. The Kier molecular flexibility index (Phi) is 8.61. The van der Waals surface area contributed by atoms with Crippen LogP contribution in [0.5, 0.6) is 0 Å². The average Bonchev–Trinajstić information content (AvgIpc) is 2.81. The van der Waals surface area contributed by atoms with Gasteiger partial charge in [-0.1, -0.05) is 12.1 Å². The van der Waals surface area contributed by atoms with Crippen LogP contribution in [0.25, 0.3) is 0 Å². The largest absolute Gasteiger partial charge is 0.327 e. The van der Waals surface area contributed by atoms with E-state index in [-0.39, 0.29) is 36.8 Å². The summed E-state index contributed by atoms with van der Waals surface area (Å²) in [6.07, 6.45) is 3.46. The highest BCUT2D eigenvalue weighted by Gasteiger charge is 2.06. The number of benzene rings is 1. The van der Waals surface area contributed by atoms with Gasteiger partial charge in [-0.3, -0.25) is 4.79 Å². The van der Waals surface area contributed by atoms with E-state index in [2.05, 4.69) is 15.4 Å². The molecule has 0 saturated heterocycles. The Morgan fingerprint density at radius 1 is 1.43 bits per heavy atom. The molecule has 0 radical (unpaired) electrons. The molecule has 0 aliphatic heterocycles. The van der Waals surface area contributed by atoms with E-state index in [9.17, 15) is 4.79 Å². The van der Waals surface area contributed by atoms with Crippen molar-refractivity contribution < 1.29 is 4.79 Å². The van der Waals surface area contributed by atoms with E-state index in [0.29, 0.717) is 13.0 Å². The number of nitrogens with two attached hydrogens (primary N) is 1. The zero-order valence-corrected chi connectivity index (χ0v) is 13.2. The van der Waals surface area contributed by atoms with Gasteiger partial charge in [0.05, 0.1) is 6.54 Å². The second kappa shape index (κ2) is 9.33. The number of carbonyl (C=O) groups is 1. The molecular weight excluding hydrogens is 313 g/mol.